The first-order valence-corrected chi connectivity index (χ1v) is 6.18. The molecule has 0 spiro atoms. The van der Waals surface area contributed by atoms with Crippen LogP contribution in [-0.2, 0) is 7.05 Å². The minimum atomic E-state index is -0.451. The molecule has 0 radical (unpaired) electrons. The number of methoxy groups -OCH3 is 1. The van der Waals surface area contributed by atoms with E-state index in [9.17, 15) is 9.90 Å². The molecule has 2 N–H and O–H groups in total. The Balaban J connectivity index is 2.02. The zero-order chi connectivity index (χ0) is 13.1. The topological polar surface area (TPSA) is 76.4 Å². The molecular weight excluding hydrogens is 234 g/mol. The van der Waals surface area contributed by atoms with E-state index in [1.165, 1.54) is 11.8 Å². The summed E-state index contributed by atoms with van der Waals surface area (Å²) in [6.07, 6.45) is 3.17. The van der Waals surface area contributed by atoms with Crippen molar-refractivity contribution < 1.29 is 14.6 Å². The fraction of sp³-hybridized carbons (Fsp3) is 0.667. The van der Waals surface area contributed by atoms with Crippen LogP contribution in [0, 0.1) is 0 Å². The number of carbonyl (C=O) groups excluding carboxylic acids is 1. The number of carbonyl (C=O) groups is 1. The van der Waals surface area contributed by atoms with Gasteiger partial charge >= 0.3 is 0 Å². The Morgan fingerprint density at radius 1 is 1.56 bits per heavy atom. The van der Waals surface area contributed by atoms with Gasteiger partial charge in [-0.2, -0.15) is 5.10 Å². The van der Waals surface area contributed by atoms with Gasteiger partial charge in [-0.15, -0.1) is 0 Å². The highest BCUT2D eigenvalue weighted by atomic mass is 16.5. The van der Waals surface area contributed by atoms with Crippen molar-refractivity contribution in [3.8, 4) is 5.88 Å². The SMILES string of the molecule is COc1cc(C(=O)N[C@@H]2CCCC[C@H]2O)nn1C. The van der Waals surface area contributed by atoms with Gasteiger partial charge in [0.1, 0.15) is 0 Å². The summed E-state index contributed by atoms with van der Waals surface area (Å²) < 4.78 is 6.56. The van der Waals surface area contributed by atoms with Gasteiger partial charge in [0, 0.05) is 13.1 Å². The van der Waals surface area contributed by atoms with Crippen molar-refractivity contribution >= 4 is 5.91 Å². The van der Waals surface area contributed by atoms with Gasteiger partial charge < -0.3 is 15.2 Å². The number of hydrogen-bond donors (Lipinski definition) is 2. The van der Waals surface area contributed by atoms with E-state index in [-0.39, 0.29) is 11.9 Å². The van der Waals surface area contributed by atoms with E-state index in [4.69, 9.17) is 4.74 Å². The highest BCUT2D eigenvalue weighted by Crippen LogP contribution is 2.19. The predicted molar refractivity (Wildman–Crippen MR) is 65.5 cm³/mol. The maximum atomic E-state index is 12.0. The third-order valence-electron chi connectivity index (χ3n) is 3.32. The molecule has 1 amide bonds. The smallest absolute Gasteiger partial charge is 0.272 e. The van der Waals surface area contributed by atoms with Crippen molar-refractivity contribution in [3.05, 3.63) is 11.8 Å². The molecule has 1 aromatic rings. The molecule has 100 valence electrons. The number of amides is 1. The van der Waals surface area contributed by atoms with Crippen LogP contribution in [-0.4, -0.2) is 40.0 Å². The number of aliphatic hydroxyl groups excluding tert-OH is 1. The first-order valence-electron chi connectivity index (χ1n) is 6.18. The van der Waals surface area contributed by atoms with Crippen LogP contribution in [0.25, 0.3) is 0 Å². The molecule has 1 heterocycles. The van der Waals surface area contributed by atoms with E-state index in [2.05, 4.69) is 10.4 Å². The Kier molecular flexibility index (Phi) is 3.86. The number of nitrogens with zero attached hydrogens (tertiary/aromatic N) is 2. The Hall–Kier alpha value is -1.56. The average molecular weight is 253 g/mol. The fourth-order valence-corrected chi connectivity index (χ4v) is 2.27. The normalized spacial score (nSPS) is 23.7. The first-order chi connectivity index (χ1) is 8.61. The molecule has 0 unspecified atom stereocenters. The number of aliphatic hydroxyl groups is 1. The number of nitrogens with one attached hydrogen (secondary N) is 1. The summed E-state index contributed by atoms with van der Waals surface area (Å²) >= 11 is 0. The molecule has 0 aliphatic heterocycles. The zero-order valence-electron chi connectivity index (χ0n) is 10.7. The quantitative estimate of drug-likeness (QED) is 0.820. The van der Waals surface area contributed by atoms with E-state index in [0.29, 0.717) is 11.6 Å². The maximum Gasteiger partial charge on any atom is 0.272 e. The average Bonchev–Trinajstić information content (AvgIpc) is 2.73. The Morgan fingerprint density at radius 3 is 2.89 bits per heavy atom. The van der Waals surface area contributed by atoms with Gasteiger partial charge in [-0.25, -0.2) is 4.68 Å². The molecular formula is C12H19N3O3. The van der Waals surface area contributed by atoms with Crippen molar-refractivity contribution in [2.24, 2.45) is 7.05 Å². The maximum absolute atomic E-state index is 12.0. The van der Waals surface area contributed by atoms with Crippen LogP contribution in [0.4, 0.5) is 0 Å². The van der Waals surface area contributed by atoms with E-state index < -0.39 is 6.10 Å². The Labute approximate surface area is 106 Å². The van der Waals surface area contributed by atoms with Crippen LogP contribution < -0.4 is 10.1 Å². The molecule has 0 aromatic carbocycles. The van der Waals surface area contributed by atoms with E-state index in [1.54, 1.807) is 13.1 Å². The largest absolute Gasteiger partial charge is 0.481 e. The van der Waals surface area contributed by atoms with Crippen molar-refractivity contribution in [3.63, 3.8) is 0 Å². The van der Waals surface area contributed by atoms with Crippen LogP contribution in [0.3, 0.4) is 0 Å². The Morgan fingerprint density at radius 2 is 2.28 bits per heavy atom. The third kappa shape index (κ3) is 2.64. The van der Waals surface area contributed by atoms with Gasteiger partial charge in [-0.3, -0.25) is 4.79 Å². The highest BCUT2D eigenvalue weighted by Gasteiger charge is 2.25. The number of ether oxygens (including phenoxy) is 1. The molecule has 2 atom stereocenters. The lowest BCUT2D eigenvalue weighted by atomic mass is 9.92. The summed E-state index contributed by atoms with van der Waals surface area (Å²) in [5.41, 5.74) is 0.312. The molecule has 1 fully saturated rings. The van der Waals surface area contributed by atoms with Crippen LogP contribution in [0.15, 0.2) is 6.07 Å². The summed E-state index contributed by atoms with van der Waals surface area (Å²) in [6, 6.07) is 1.42. The van der Waals surface area contributed by atoms with Gasteiger partial charge in [0.15, 0.2) is 5.69 Å². The number of aryl methyl sites for hydroxylation is 1. The molecule has 0 bridgehead atoms. The summed E-state index contributed by atoms with van der Waals surface area (Å²) in [4.78, 5) is 12.0. The number of hydrogen-bond acceptors (Lipinski definition) is 4. The molecule has 0 saturated heterocycles. The predicted octanol–water partition coefficient (Wildman–Crippen LogP) is 0.462. The summed E-state index contributed by atoms with van der Waals surface area (Å²) in [5, 5.41) is 16.7. The standard InChI is InChI=1S/C12H19N3O3/c1-15-11(18-2)7-9(14-15)12(17)13-8-5-3-4-6-10(8)16/h7-8,10,16H,3-6H2,1-2H3,(H,13,17)/t8-,10-/m1/s1. The lowest BCUT2D eigenvalue weighted by molar-refractivity contribution is 0.0713. The van der Waals surface area contributed by atoms with Crippen LogP contribution >= 0.6 is 0 Å². The second kappa shape index (κ2) is 5.39. The van der Waals surface area contributed by atoms with Gasteiger partial charge in [-0.05, 0) is 12.8 Å². The Bertz CT molecular complexity index is 430. The minimum absolute atomic E-state index is 0.167. The molecule has 1 aliphatic carbocycles. The lowest BCUT2D eigenvalue weighted by Crippen LogP contribution is -2.45. The lowest BCUT2D eigenvalue weighted by Gasteiger charge is -2.27. The molecule has 6 nitrogen and oxygen atoms in total. The van der Waals surface area contributed by atoms with E-state index >= 15 is 0 Å². The fourth-order valence-electron chi connectivity index (χ4n) is 2.27. The number of rotatable bonds is 3. The number of aromatic nitrogens is 2. The van der Waals surface area contributed by atoms with Gasteiger partial charge in [-0.1, -0.05) is 12.8 Å². The zero-order valence-corrected chi connectivity index (χ0v) is 10.7. The highest BCUT2D eigenvalue weighted by molar-refractivity contribution is 5.92. The molecule has 2 rings (SSSR count). The third-order valence-corrected chi connectivity index (χ3v) is 3.32. The molecule has 6 heteroatoms. The van der Waals surface area contributed by atoms with Crippen molar-refractivity contribution in [2.45, 2.75) is 37.8 Å². The molecule has 1 saturated carbocycles. The van der Waals surface area contributed by atoms with Gasteiger partial charge in [0.25, 0.3) is 5.91 Å². The van der Waals surface area contributed by atoms with Crippen LogP contribution in [0.1, 0.15) is 36.2 Å². The first kappa shape index (κ1) is 12.9. The van der Waals surface area contributed by atoms with Crippen LogP contribution in [0.5, 0.6) is 5.88 Å². The summed E-state index contributed by atoms with van der Waals surface area (Å²) in [5.74, 6) is 0.268. The second-order valence-corrected chi connectivity index (χ2v) is 4.63. The van der Waals surface area contributed by atoms with Gasteiger partial charge in [0.05, 0.1) is 19.3 Å². The molecule has 18 heavy (non-hydrogen) atoms. The summed E-state index contributed by atoms with van der Waals surface area (Å²) in [7, 11) is 3.24. The molecule has 1 aromatic heterocycles. The van der Waals surface area contributed by atoms with Crippen molar-refractivity contribution in [1.82, 2.24) is 15.1 Å². The van der Waals surface area contributed by atoms with Gasteiger partial charge in [0.2, 0.25) is 5.88 Å². The van der Waals surface area contributed by atoms with E-state index in [0.717, 1.165) is 25.7 Å². The minimum Gasteiger partial charge on any atom is -0.481 e. The van der Waals surface area contributed by atoms with Crippen molar-refractivity contribution in [1.29, 1.82) is 0 Å². The molecule has 1 aliphatic rings. The summed E-state index contributed by atoms with van der Waals surface area (Å²) in [6.45, 7) is 0. The second-order valence-electron chi connectivity index (χ2n) is 4.63. The van der Waals surface area contributed by atoms with Crippen LogP contribution in [0.2, 0.25) is 0 Å². The van der Waals surface area contributed by atoms with Crippen molar-refractivity contribution in [2.75, 3.05) is 7.11 Å². The monoisotopic (exact) mass is 253 g/mol. The van der Waals surface area contributed by atoms with E-state index in [1.807, 2.05) is 0 Å².